The van der Waals surface area contributed by atoms with E-state index in [1.165, 1.54) is 26.9 Å². The second-order valence-corrected chi connectivity index (χ2v) is 7.69. The molecule has 0 heterocycles. The van der Waals surface area contributed by atoms with Gasteiger partial charge in [0, 0.05) is 11.3 Å². The molecule has 0 saturated heterocycles. The number of benzene rings is 3. The van der Waals surface area contributed by atoms with E-state index in [2.05, 4.69) is 22.8 Å². The van der Waals surface area contributed by atoms with Crippen LogP contribution in [0.3, 0.4) is 0 Å². The predicted molar refractivity (Wildman–Crippen MR) is 136 cm³/mol. The van der Waals surface area contributed by atoms with Crippen LogP contribution in [0.1, 0.15) is 22.3 Å². The van der Waals surface area contributed by atoms with Gasteiger partial charge in [-0.3, -0.25) is 10.1 Å². The Balaban J connectivity index is 1.50. The average molecular weight is 481 g/mol. The van der Waals surface area contributed by atoms with Crippen LogP contribution in [0.5, 0.6) is 23.0 Å². The first-order valence-corrected chi connectivity index (χ1v) is 11.1. The molecule has 0 aliphatic rings. The van der Waals surface area contributed by atoms with Crippen molar-refractivity contribution < 1.29 is 23.7 Å². The smallest absolute Gasteiger partial charge is 0.257 e. The minimum absolute atomic E-state index is 0.162. The van der Waals surface area contributed by atoms with Crippen molar-refractivity contribution in [1.82, 2.24) is 5.32 Å². The number of carbonyl (C=O) groups is 1. The third-order valence-corrected chi connectivity index (χ3v) is 5.19. The van der Waals surface area contributed by atoms with Crippen LogP contribution in [0.4, 0.5) is 5.69 Å². The number of hydrogen-bond donors (Lipinski definition) is 2. The Labute approximate surface area is 205 Å². The van der Waals surface area contributed by atoms with Crippen LogP contribution in [0.15, 0.2) is 66.7 Å². The van der Waals surface area contributed by atoms with Gasteiger partial charge in [-0.05, 0) is 67.0 Å². The van der Waals surface area contributed by atoms with Gasteiger partial charge in [-0.1, -0.05) is 30.3 Å². The molecule has 0 spiro atoms. The van der Waals surface area contributed by atoms with Crippen molar-refractivity contribution in [3.8, 4) is 23.0 Å². The summed E-state index contributed by atoms with van der Waals surface area (Å²) in [4.78, 5) is 12.7. The van der Waals surface area contributed by atoms with Gasteiger partial charge < -0.3 is 24.3 Å². The zero-order valence-electron chi connectivity index (χ0n) is 19.4. The summed E-state index contributed by atoms with van der Waals surface area (Å²) in [6.07, 6.45) is 1.90. The van der Waals surface area contributed by atoms with Gasteiger partial charge in [0.05, 0.1) is 27.9 Å². The summed E-state index contributed by atoms with van der Waals surface area (Å²) in [6, 6.07) is 20.8. The normalized spacial score (nSPS) is 10.2. The van der Waals surface area contributed by atoms with Crippen LogP contribution in [-0.2, 0) is 6.42 Å². The monoisotopic (exact) mass is 480 g/mol. The van der Waals surface area contributed by atoms with E-state index in [0.717, 1.165) is 24.3 Å². The van der Waals surface area contributed by atoms with E-state index in [4.69, 9.17) is 31.2 Å². The molecule has 0 saturated carbocycles. The number of methoxy groups -OCH3 is 3. The molecule has 34 heavy (non-hydrogen) atoms. The second-order valence-electron chi connectivity index (χ2n) is 7.28. The Bertz CT molecular complexity index is 1080. The zero-order valence-corrected chi connectivity index (χ0v) is 20.2. The first-order chi connectivity index (χ1) is 16.5. The molecule has 7 nitrogen and oxygen atoms in total. The van der Waals surface area contributed by atoms with E-state index >= 15 is 0 Å². The van der Waals surface area contributed by atoms with E-state index in [-0.39, 0.29) is 5.11 Å². The molecule has 8 heteroatoms. The molecular formula is C26H28N2O5S. The van der Waals surface area contributed by atoms with Crippen molar-refractivity contribution in [2.45, 2.75) is 12.8 Å². The lowest BCUT2D eigenvalue weighted by Crippen LogP contribution is -2.34. The third kappa shape index (κ3) is 6.86. The second kappa shape index (κ2) is 12.5. The highest BCUT2D eigenvalue weighted by Gasteiger charge is 2.17. The Morgan fingerprint density at radius 2 is 1.53 bits per heavy atom. The van der Waals surface area contributed by atoms with E-state index in [1.54, 1.807) is 12.1 Å². The zero-order chi connectivity index (χ0) is 24.3. The van der Waals surface area contributed by atoms with E-state index in [9.17, 15) is 4.79 Å². The van der Waals surface area contributed by atoms with Crippen molar-refractivity contribution >= 4 is 28.9 Å². The molecule has 178 valence electrons. The van der Waals surface area contributed by atoms with E-state index in [0.29, 0.717) is 29.4 Å². The lowest BCUT2D eigenvalue weighted by Gasteiger charge is -2.15. The lowest BCUT2D eigenvalue weighted by molar-refractivity contribution is 0.0977. The van der Waals surface area contributed by atoms with Crippen LogP contribution < -0.4 is 29.6 Å². The number of aryl methyl sites for hydroxylation is 1. The van der Waals surface area contributed by atoms with E-state index < -0.39 is 5.91 Å². The fourth-order valence-electron chi connectivity index (χ4n) is 3.30. The maximum Gasteiger partial charge on any atom is 0.257 e. The van der Waals surface area contributed by atoms with Crippen LogP contribution >= 0.6 is 12.2 Å². The van der Waals surface area contributed by atoms with Gasteiger partial charge in [0.15, 0.2) is 16.6 Å². The molecule has 0 aliphatic carbocycles. The largest absolute Gasteiger partial charge is 0.494 e. The van der Waals surface area contributed by atoms with Crippen LogP contribution in [0, 0.1) is 0 Å². The molecule has 0 aliphatic heterocycles. The highest BCUT2D eigenvalue weighted by molar-refractivity contribution is 7.80. The molecule has 0 fully saturated rings. The van der Waals surface area contributed by atoms with Crippen LogP contribution in [0.2, 0.25) is 0 Å². The average Bonchev–Trinajstić information content (AvgIpc) is 2.87. The standard InChI is InChI=1S/C26H28N2O5S/c1-30-22-16-19(17-23(31-2)24(22)32-3)25(29)28-26(34)27-20-11-13-21(14-12-20)33-15-7-10-18-8-5-4-6-9-18/h4-6,8-9,11-14,16-17H,7,10,15H2,1-3H3,(H2,27,28,29,34). The Kier molecular flexibility index (Phi) is 9.11. The first kappa shape index (κ1) is 24.9. The summed E-state index contributed by atoms with van der Waals surface area (Å²) < 4.78 is 21.7. The minimum atomic E-state index is -0.407. The number of thiocarbonyl (C=S) groups is 1. The van der Waals surface area contributed by atoms with Gasteiger partial charge in [0.2, 0.25) is 5.75 Å². The molecule has 0 aromatic heterocycles. The molecule has 0 radical (unpaired) electrons. The van der Waals surface area contributed by atoms with Crippen LogP contribution in [0.25, 0.3) is 0 Å². The molecule has 3 rings (SSSR count). The van der Waals surface area contributed by atoms with Crippen molar-refractivity contribution in [3.05, 3.63) is 77.9 Å². The van der Waals surface area contributed by atoms with Gasteiger partial charge in [-0.25, -0.2) is 0 Å². The number of amides is 1. The third-order valence-electron chi connectivity index (χ3n) is 4.99. The topological polar surface area (TPSA) is 78.1 Å². The summed E-state index contributed by atoms with van der Waals surface area (Å²) in [6.45, 7) is 0.630. The predicted octanol–water partition coefficient (Wildman–Crippen LogP) is 4.85. The molecular weight excluding hydrogens is 452 g/mol. The maximum atomic E-state index is 12.7. The number of hydrogen-bond acceptors (Lipinski definition) is 6. The molecule has 2 N–H and O–H groups in total. The summed E-state index contributed by atoms with van der Waals surface area (Å²) in [7, 11) is 4.48. The summed E-state index contributed by atoms with van der Waals surface area (Å²) in [5.74, 6) is 1.53. The van der Waals surface area contributed by atoms with Crippen molar-refractivity contribution in [3.63, 3.8) is 0 Å². The fraction of sp³-hybridized carbons (Fsp3) is 0.231. The van der Waals surface area contributed by atoms with Crippen molar-refractivity contribution in [2.75, 3.05) is 33.3 Å². The molecule has 0 bridgehead atoms. The number of ether oxygens (including phenoxy) is 4. The molecule has 1 amide bonds. The van der Waals surface area contributed by atoms with Gasteiger partial charge in [0.25, 0.3) is 5.91 Å². The highest BCUT2D eigenvalue weighted by atomic mass is 32.1. The number of carbonyl (C=O) groups excluding carboxylic acids is 1. The Morgan fingerprint density at radius 1 is 0.882 bits per heavy atom. The van der Waals surface area contributed by atoms with Gasteiger partial charge in [-0.15, -0.1) is 0 Å². The fourth-order valence-corrected chi connectivity index (χ4v) is 3.51. The first-order valence-electron chi connectivity index (χ1n) is 10.7. The van der Waals surface area contributed by atoms with Gasteiger partial charge in [0.1, 0.15) is 5.75 Å². The number of anilines is 1. The SMILES string of the molecule is COc1cc(C(=O)NC(=S)Nc2ccc(OCCCc3ccccc3)cc2)cc(OC)c1OC. The van der Waals surface area contributed by atoms with Crippen molar-refractivity contribution in [1.29, 1.82) is 0 Å². The van der Waals surface area contributed by atoms with Crippen LogP contribution in [-0.4, -0.2) is 39.0 Å². The van der Waals surface area contributed by atoms with E-state index in [1.807, 2.05) is 42.5 Å². The number of rotatable bonds is 10. The lowest BCUT2D eigenvalue weighted by atomic mass is 10.1. The molecule has 0 atom stereocenters. The Morgan fingerprint density at radius 3 is 2.12 bits per heavy atom. The maximum absolute atomic E-state index is 12.7. The summed E-state index contributed by atoms with van der Waals surface area (Å²) >= 11 is 5.29. The summed E-state index contributed by atoms with van der Waals surface area (Å²) in [5.41, 5.74) is 2.34. The van der Waals surface area contributed by atoms with Gasteiger partial charge in [-0.2, -0.15) is 0 Å². The molecule has 0 unspecified atom stereocenters. The van der Waals surface area contributed by atoms with Crippen molar-refractivity contribution in [2.24, 2.45) is 0 Å². The number of nitrogens with one attached hydrogen (secondary N) is 2. The Hall–Kier alpha value is -3.78. The quantitative estimate of drug-likeness (QED) is 0.317. The molecule has 3 aromatic carbocycles. The summed E-state index contributed by atoms with van der Waals surface area (Å²) in [5, 5.41) is 5.81. The highest BCUT2D eigenvalue weighted by Crippen LogP contribution is 2.38. The van der Waals surface area contributed by atoms with Gasteiger partial charge >= 0.3 is 0 Å². The minimum Gasteiger partial charge on any atom is -0.494 e. The molecule has 3 aromatic rings.